The summed E-state index contributed by atoms with van der Waals surface area (Å²) in [4.78, 5) is 12.2. The first kappa shape index (κ1) is 16.4. The number of para-hydroxylation sites is 1. The van der Waals surface area contributed by atoms with Crippen LogP contribution in [-0.2, 0) is 19.4 Å². The van der Waals surface area contributed by atoms with Gasteiger partial charge in [0, 0.05) is 17.3 Å². The van der Waals surface area contributed by atoms with Gasteiger partial charge in [-0.15, -0.1) is 0 Å². The van der Waals surface area contributed by atoms with Crippen molar-refractivity contribution in [2.75, 3.05) is 5.32 Å². The lowest BCUT2D eigenvalue weighted by Gasteiger charge is -2.15. The minimum absolute atomic E-state index is 0.199. The van der Waals surface area contributed by atoms with Crippen molar-refractivity contribution in [1.29, 1.82) is 0 Å². The number of urea groups is 1. The third-order valence-electron chi connectivity index (χ3n) is 3.58. The number of hydrogen-bond donors (Lipinski definition) is 2. The van der Waals surface area contributed by atoms with E-state index in [1.54, 1.807) is 0 Å². The van der Waals surface area contributed by atoms with Crippen LogP contribution in [0.4, 0.5) is 10.5 Å². The summed E-state index contributed by atoms with van der Waals surface area (Å²) in [7, 11) is 0. The number of benzene rings is 2. The first-order valence-corrected chi connectivity index (χ1v) is 7.91. The van der Waals surface area contributed by atoms with E-state index >= 15 is 0 Å². The highest BCUT2D eigenvalue weighted by molar-refractivity contribution is 6.30. The number of aryl methyl sites for hydroxylation is 2. The van der Waals surface area contributed by atoms with E-state index in [0.717, 1.165) is 35.2 Å². The highest BCUT2D eigenvalue weighted by atomic mass is 35.5. The summed E-state index contributed by atoms with van der Waals surface area (Å²) >= 11 is 5.94. The average Bonchev–Trinajstić information content (AvgIpc) is 2.53. The van der Waals surface area contributed by atoms with Crippen molar-refractivity contribution in [2.24, 2.45) is 0 Å². The SMILES string of the molecule is CCc1cccc(CC)c1NC(=O)NCc1cccc(Cl)c1. The van der Waals surface area contributed by atoms with Gasteiger partial charge >= 0.3 is 6.03 Å². The van der Waals surface area contributed by atoms with Gasteiger partial charge in [-0.3, -0.25) is 0 Å². The standard InChI is InChI=1S/C18H21ClN2O/c1-3-14-8-6-9-15(4-2)17(14)21-18(22)20-12-13-7-5-10-16(19)11-13/h5-11H,3-4,12H2,1-2H3,(H2,20,21,22). The molecule has 0 saturated heterocycles. The number of carbonyl (C=O) groups excluding carboxylic acids is 1. The molecule has 0 fully saturated rings. The molecular formula is C18H21ClN2O. The molecule has 0 bridgehead atoms. The molecule has 4 heteroatoms. The molecule has 0 atom stereocenters. The van der Waals surface area contributed by atoms with Crippen LogP contribution < -0.4 is 10.6 Å². The summed E-state index contributed by atoms with van der Waals surface area (Å²) in [5, 5.41) is 6.52. The third kappa shape index (κ3) is 4.25. The summed E-state index contributed by atoms with van der Waals surface area (Å²) in [5.41, 5.74) is 4.20. The van der Waals surface area contributed by atoms with Gasteiger partial charge in [0.25, 0.3) is 0 Å². The van der Waals surface area contributed by atoms with Crippen LogP contribution in [0, 0.1) is 0 Å². The molecule has 0 aliphatic rings. The Hall–Kier alpha value is -2.00. The van der Waals surface area contributed by atoms with Crippen LogP contribution in [0.25, 0.3) is 0 Å². The van der Waals surface area contributed by atoms with Gasteiger partial charge in [-0.2, -0.15) is 0 Å². The fourth-order valence-electron chi connectivity index (χ4n) is 2.39. The second kappa shape index (κ2) is 7.85. The summed E-state index contributed by atoms with van der Waals surface area (Å²) < 4.78 is 0. The fourth-order valence-corrected chi connectivity index (χ4v) is 2.60. The lowest BCUT2D eigenvalue weighted by molar-refractivity contribution is 0.251. The van der Waals surface area contributed by atoms with E-state index in [0.29, 0.717) is 11.6 Å². The van der Waals surface area contributed by atoms with Crippen molar-refractivity contribution in [2.45, 2.75) is 33.2 Å². The Morgan fingerprint density at radius 1 is 1.05 bits per heavy atom. The Labute approximate surface area is 136 Å². The molecular weight excluding hydrogens is 296 g/mol. The van der Waals surface area contributed by atoms with Crippen LogP contribution in [-0.4, -0.2) is 6.03 Å². The van der Waals surface area contributed by atoms with Crippen LogP contribution >= 0.6 is 11.6 Å². The zero-order chi connectivity index (χ0) is 15.9. The van der Waals surface area contributed by atoms with E-state index in [1.807, 2.05) is 42.5 Å². The van der Waals surface area contributed by atoms with Gasteiger partial charge in [-0.1, -0.05) is 55.8 Å². The normalized spacial score (nSPS) is 10.3. The molecule has 0 unspecified atom stereocenters. The predicted octanol–water partition coefficient (Wildman–Crippen LogP) is 4.79. The number of carbonyl (C=O) groups is 1. The maximum atomic E-state index is 12.2. The smallest absolute Gasteiger partial charge is 0.319 e. The fraction of sp³-hybridized carbons (Fsp3) is 0.278. The van der Waals surface area contributed by atoms with Crippen molar-refractivity contribution < 1.29 is 4.79 Å². The molecule has 0 spiro atoms. The molecule has 2 aromatic rings. The molecule has 0 aliphatic carbocycles. The largest absolute Gasteiger partial charge is 0.334 e. The summed E-state index contributed by atoms with van der Waals surface area (Å²) in [6, 6.07) is 13.4. The van der Waals surface area contributed by atoms with Crippen LogP contribution in [0.1, 0.15) is 30.5 Å². The Balaban J connectivity index is 2.03. The van der Waals surface area contributed by atoms with E-state index in [9.17, 15) is 4.79 Å². The summed E-state index contributed by atoms with van der Waals surface area (Å²) in [5.74, 6) is 0. The van der Waals surface area contributed by atoms with Gasteiger partial charge in [0.15, 0.2) is 0 Å². The van der Waals surface area contributed by atoms with Crippen LogP contribution in [0.2, 0.25) is 5.02 Å². The van der Waals surface area contributed by atoms with Gasteiger partial charge in [0.05, 0.1) is 0 Å². The first-order valence-electron chi connectivity index (χ1n) is 7.54. The van der Waals surface area contributed by atoms with Crippen LogP contribution in [0.3, 0.4) is 0 Å². The third-order valence-corrected chi connectivity index (χ3v) is 3.81. The van der Waals surface area contributed by atoms with Crippen LogP contribution in [0.15, 0.2) is 42.5 Å². The number of anilines is 1. The van der Waals surface area contributed by atoms with Crippen molar-refractivity contribution >= 4 is 23.3 Å². The quantitative estimate of drug-likeness (QED) is 0.818. The molecule has 2 aromatic carbocycles. The molecule has 3 nitrogen and oxygen atoms in total. The molecule has 0 heterocycles. The van der Waals surface area contributed by atoms with E-state index in [-0.39, 0.29) is 6.03 Å². The van der Waals surface area contributed by atoms with E-state index < -0.39 is 0 Å². The maximum Gasteiger partial charge on any atom is 0.319 e. The zero-order valence-corrected chi connectivity index (χ0v) is 13.7. The topological polar surface area (TPSA) is 41.1 Å². The molecule has 0 aliphatic heterocycles. The van der Waals surface area contributed by atoms with Crippen LogP contribution in [0.5, 0.6) is 0 Å². The highest BCUT2D eigenvalue weighted by Crippen LogP contribution is 2.22. The maximum absolute atomic E-state index is 12.2. The minimum Gasteiger partial charge on any atom is -0.334 e. The molecule has 22 heavy (non-hydrogen) atoms. The Morgan fingerprint density at radius 2 is 1.68 bits per heavy atom. The number of amides is 2. The molecule has 0 aromatic heterocycles. The Kier molecular flexibility index (Phi) is 5.84. The van der Waals surface area contributed by atoms with Crippen molar-refractivity contribution in [3.05, 3.63) is 64.2 Å². The van der Waals surface area contributed by atoms with Gasteiger partial charge in [-0.05, 0) is 41.7 Å². The predicted molar refractivity (Wildman–Crippen MR) is 92.5 cm³/mol. The zero-order valence-electron chi connectivity index (χ0n) is 12.9. The van der Waals surface area contributed by atoms with Gasteiger partial charge in [0.2, 0.25) is 0 Å². The monoisotopic (exact) mass is 316 g/mol. The first-order chi connectivity index (χ1) is 10.6. The van der Waals surface area contributed by atoms with Crippen molar-refractivity contribution in [3.63, 3.8) is 0 Å². The number of nitrogens with one attached hydrogen (secondary N) is 2. The van der Waals surface area contributed by atoms with Crippen molar-refractivity contribution in [1.82, 2.24) is 5.32 Å². The van der Waals surface area contributed by atoms with Gasteiger partial charge in [-0.25, -0.2) is 4.79 Å². The molecule has 2 rings (SSSR count). The van der Waals surface area contributed by atoms with Crippen molar-refractivity contribution in [3.8, 4) is 0 Å². The van der Waals surface area contributed by atoms with E-state index in [1.165, 1.54) is 0 Å². The Bertz CT molecular complexity index is 633. The van der Waals surface area contributed by atoms with E-state index in [4.69, 9.17) is 11.6 Å². The lowest BCUT2D eigenvalue weighted by atomic mass is 10.0. The molecule has 2 N–H and O–H groups in total. The molecule has 116 valence electrons. The molecule has 2 amide bonds. The molecule has 0 radical (unpaired) electrons. The second-order valence-corrected chi connectivity index (χ2v) is 5.53. The summed E-state index contributed by atoms with van der Waals surface area (Å²) in [6.45, 7) is 4.62. The Morgan fingerprint density at radius 3 is 2.27 bits per heavy atom. The second-order valence-electron chi connectivity index (χ2n) is 5.10. The minimum atomic E-state index is -0.199. The lowest BCUT2D eigenvalue weighted by Crippen LogP contribution is -2.29. The van der Waals surface area contributed by atoms with Gasteiger partial charge < -0.3 is 10.6 Å². The average molecular weight is 317 g/mol. The van der Waals surface area contributed by atoms with E-state index in [2.05, 4.69) is 24.5 Å². The summed E-state index contributed by atoms with van der Waals surface area (Å²) in [6.07, 6.45) is 1.77. The molecule has 0 saturated carbocycles. The van der Waals surface area contributed by atoms with Gasteiger partial charge in [0.1, 0.15) is 0 Å². The number of rotatable bonds is 5. The number of halogens is 1. The highest BCUT2D eigenvalue weighted by Gasteiger charge is 2.09. The number of hydrogen-bond acceptors (Lipinski definition) is 1.